The van der Waals surface area contributed by atoms with Gasteiger partial charge in [-0.25, -0.2) is 4.79 Å². The van der Waals surface area contributed by atoms with Crippen molar-refractivity contribution in [3.8, 4) is 0 Å². The first-order valence-corrected chi connectivity index (χ1v) is 4.81. The van der Waals surface area contributed by atoms with Crippen LogP contribution in [0.2, 0.25) is 0 Å². The van der Waals surface area contributed by atoms with E-state index in [9.17, 15) is 9.59 Å². The number of ether oxygens (including phenoxy) is 2. The average Bonchev–Trinajstić information content (AvgIpc) is 2.14. The van der Waals surface area contributed by atoms with E-state index < -0.39 is 11.3 Å². The monoisotopic (exact) mass is 239 g/mol. The van der Waals surface area contributed by atoms with Crippen LogP contribution in [0.25, 0.3) is 0 Å². The molecule has 0 saturated heterocycles. The van der Waals surface area contributed by atoms with Crippen LogP contribution in [0.1, 0.15) is 6.42 Å². The summed E-state index contributed by atoms with van der Waals surface area (Å²) in [5, 5.41) is 9.92. The summed E-state index contributed by atoms with van der Waals surface area (Å²) < 4.78 is 10.0. The van der Waals surface area contributed by atoms with Crippen molar-refractivity contribution in [1.29, 1.82) is 0 Å². The van der Waals surface area contributed by atoms with Gasteiger partial charge in [0.25, 0.3) is 0 Å². The van der Waals surface area contributed by atoms with Gasteiger partial charge in [0.05, 0.1) is 26.4 Å². The molecule has 0 radical (unpaired) electrons. The zero-order chi connectivity index (χ0) is 11.5. The maximum absolute atomic E-state index is 10.3. The molecule has 0 spiro atoms. The third kappa shape index (κ3) is 13.2. The fourth-order valence-electron chi connectivity index (χ4n) is 0.705. The normalized spacial score (nSPS) is 9.93. The van der Waals surface area contributed by atoms with E-state index >= 15 is 0 Å². The second-order valence-corrected chi connectivity index (χ2v) is 2.98. The van der Waals surface area contributed by atoms with Crippen LogP contribution in [0, 0.1) is 0 Å². The van der Waals surface area contributed by atoms with Crippen molar-refractivity contribution in [1.82, 2.24) is 5.32 Å². The molecule has 15 heavy (non-hydrogen) atoms. The number of carbonyl (C=O) groups excluding carboxylic acids is 1. The standard InChI is InChI=1S/C8H14ClNO5/c9-7(11)1-3-14-5-6-15-4-2-10-8(12)13/h10H,1-6H2,(H,12,13). The Balaban J connectivity index is 2.99. The minimum absolute atomic E-state index is 0.183. The van der Waals surface area contributed by atoms with Crippen molar-refractivity contribution < 1.29 is 24.2 Å². The molecule has 6 nitrogen and oxygen atoms in total. The SMILES string of the molecule is O=C(Cl)CCOCCOCCNC(=O)O. The topological polar surface area (TPSA) is 84.9 Å². The molecule has 2 N–H and O–H groups in total. The van der Waals surface area contributed by atoms with Gasteiger partial charge in [0, 0.05) is 13.0 Å². The van der Waals surface area contributed by atoms with E-state index in [1.165, 1.54) is 0 Å². The molecule has 0 aromatic carbocycles. The largest absolute Gasteiger partial charge is 0.465 e. The fourth-order valence-corrected chi connectivity index (χ4v) is 0.782. The van der Waals surface area contributed by atoms with Crippen molar-refractivity contribution in [2.24, 2.45) is 0 Å². The van der Waals surface area contributed by atoms with Gasteiger partial charge in [0.2, 0.25) is 5.24 Å². The summed E-state index contributed by atoms with van der Waals surface area (Å²) in [4.78, 5) is 20.3. The van der Waals surface area contributed by atoms with Crippen molar-refractivity contribution in [2.75, 3.05) is 33.0 Å². The summed E-state index contributed by atoms with van der Waals surface area (Å²) in [6.45, 7) is 1.54. The molecule has 0 aromatic rings. The lowest BCUT2D eigenvalue weighted by molar-refractivity contribution is -0.112. The summed E-state index contributed by atoms with van der Waals surface area (Å²) in [6, 6.07) is 0. The van der Waals surface area contributed by atoms with Gasteiger partial charge in [-0.3, -0.25) is 4.79 Å². The molecule has 0 saturated carbocycles. The third-order valence-corrected chi connectivity index (χ3v) is 1.53. The molecule has 7 heteroatoms. The van der Waals surface area contributed by atoms with Gasteiger partial charge >= 0.3 is 6.09 Å². The molecule has 0 rings (SSSR count). The van der Waals surface area contributed by atoms with E-state index in [0.29, 0.717) is 19.8 Å². The Hall–Kier alpha value is -0.850. The second kappa shape index (κ2) is 9.70. The highest BCUT2D eigenvalue weighted by molar-refractivity contribution is 6.63. The number of carboxylic acid groups (broad SMARTS) is 1. The minimum atomic E-state index is -1.07. The van der Waals surface area contributed by atoms with Gasteiger partial charge in [0.15, 0.2) is 0 Å². The molecular formula is C8H14ClNO5. The highest BCUT2D eigenvalue weighted by Crippen LogP contribution is 1.89. The summed E-state index contributed by atoms with van der Waals surface area (Å²) in [6.07, 6.45) is -0.891. The Labute approximate surface area is 92.5 Å². The van der Waals surface area contributed by atoms with E-state index in [-0.39, 0.29) is 19.6 Å². The number of hydrogen-bond acceptors (Lipinski definition) is 4. The van der Waals surface area contributed by atoms with Crippen LogP contribution >= 0.6 is 11.6 Å². The molecule has 0 aliphatic rings. The van der Waals surface area contributed by atoms with E-state index in [0.717, 1.165) is 0 Å². The fraction of sp³-hybridized carbons (Fsp3) is 0.750. The van der Waals surface area contributed by atoms with Crippen LogP contribution < -0.4 is 5.32 Å². The van der Waals surface area contributed by atoms with Crippen molar-refractivity contribution in [2.45, 2.75) is 6.42 Å². The lowest BCUT2D eigenvalue weighted by Crippen LogP contribution is -2.25. The van der Waals surface area contributed by atoms with Gasteiger partial charge in [-0.05, 0) is 11.6 Å². The molecule has 0 unspecified atom stereocenters. The minimum Gasteiger partial charge on any atom is -0.465 e. The third-order valence-electron chi connectivity index (χ3n) is 1.34. The molecule has 0 aliphatic heterocycles. The molecule has 88 valence electrons. The summed E-state index contributed by atoms with van der Waals surface area (Å²) in [5.41, 5.74) is 0. The van der Waals surface area contributed by atoms with Gasteiger partial charge in [0.1, 0.15) is 0 Å². The first-order valence-electron chi connectivity index (χ1n) is 4.43. The zero-order valence-corrected chi connectivity index (χ0v) is 8.96. The Bertz CT molecular complexity index is 179. The Morgan fingerprint density at radius 1 is 1.13 bits per heavy atom. The molecule has 1 amide bonds. The summed E-state index contributed by atoms with van der Waals surface area (Å²) >= 11 is 5.07. The smallest absolute Gasteiger partial charge is 0.404 e. The summed E-state index contributed by atoms with van der Waals surface area (Å²) in [7, 11) is 0. The Morgan fingerprint density at radius 3 is 2.27 bits per heavy atom. The summed E-state index contributed by atoms with van der Waals surface area (Å²) in [5.74, 6) is 0. The highest BCUT2D eigenvalue weighted by Gasteiger charge is 1.96. The highest BCUT2D eigenvalue weighted by atomic mass is 35.5. The molecule has 0 fully saturated rings. The molecular weight excluding hydrogens is 226 g/mol. The number of rotatable bonds is 9. The molecule has 0 bridgehead atoms. The van der Waals surface area contributed by atoms with Crippen LogP contribution in [0.4, 0.5) is 4.79 Å². The number of nitrogens with one attached hydrogen (secondary N) is 1. The van der Waals surface area contributed by atoms with Gasteiger partial charge in [-0.1, -0.05) is 0 Å². The van der Waals surface area contributed by atoms with E-state index in [1.54, 1.807) is 0 Å². The number of halogens is 1. The zero-order valence-electron chi connectivity index (χ0n) is 8.20. The molecule has 0 aromatic heterocycles. The van der Waals surface area contributed by atoms with Crippen LogP contribution in [0.15, 0.2) is 0 Å². The van der Waals surface area contributed by atoms with E-state index in [1.807, 2.05) is 0 Å². The maximum atomic E-state index is 10.3. The quantitative estimate of drug-likeness (QED) is 0.451. The van der Waals surface area contributed by atoms with Crippen molar-refractivity contribution in [3.05, 3.63) is 0 Å². The van der Waals surface area contributed by atoms with Crippen LogP contribution in [-0.2, 0) is 14.3 Å². The average molecular weight is 240 g/mol. The predicted octanol–water partition coefficient (Wildman–Crippen LogP) is 0.443. The lowest BCUT2D eigenvalue weighted by atomic mass is 10.5. The van der Waals surface area contributed by atoms with Gasteiger partial charge < -0.3 is 19.9 Å². The lowest BCUT2D eigenvalue weighted by Gasteiger charge is -2.04. The molecule has 0 aliphatic carbocycles. The first kappa shape index (κ1) is 14.2. The number of carbonyl (C=O) groups is 2. The van der Waals surface area contributed by atoms with Crippen molar-refractivity contribution >= 4 is 22.9 Å². The van der Waals surface area contributed by atoms with E-state index in [2.05, 4.69) is 5.32 Å². The first-order chi connectivity index (χ1) is 7.13. The van der Waals surface area contributed by atoms with Gasteiger partial charge in [-0.15, -0.1) is 0 Å². The Kier molecular flexibility index (Phi) is 9.15. The molecule has 0 atom stereocenters. The van der Waals surface area contributed by atoms with Gasteiger partial charge in [-0.2, -0.15) is 0 Å². The van der Waals surface area contributed by atoms with Crippen molar-refractivity contribution in [3.63, 3.8) is 0 Å². The predicted molar refractivity (Wildman–Crippen MR) is 53.1 cm³/mol. The van der Waals surface area contributed by atoms with Crippen LogP contribution in [0.5, 0.6) is 0 Å². The Morgan fingerprint density at radius 2 is 1.73 bits per heavy atom. The maximum Gasteiger partial charge on any atom is 0.404 e. The van der Waals surface area contributed by atoms with E-state index in [4.69, 9.17) is 26.2 Å². The van der Waals surface area contributed by atoms with Crippen LogP contribution in [-0.4, -0.2) is 49.4 Å². The second-order valence-electron chi connectivity index (χ2n) is 2.56. The van der Waals surface area contributed by atoms with Crippen LogP contribution in [0.3, 0.4) is 0 Å². The molecule has 0 heterocycles. The number of hydrogen-bond donors (Lipinski definition) is 2. The number of amides is 1.